The number of rotatable bonds is 3. The Kier molecular flexibility index (Phi) is 2.92. The quantitative estimate of drug-likeness (QED) is 0.807. The van der Waals surface area contributed by atoms with Crippen molar-refractivity contribution in [2.45, 2.75) is 25.8 Å². The van der Waals surface area contributed by atoms with Crippen LogP contribution in [0.1, 0.15) is 29.0 Å². The van der Waals surface area contributed by atoms with Gasteiger partial charge in [-0.1, -0.05) is 6.07 Å². The summed E-state index contributed by atoms with van der Waals surface area (Å²) in [6.45, 7) is 1.94. The summed E-state index contributed by atoms with van der Waals surface area (Å²) >= 11 is 0. The molecular weight excluding hydrogens is 276 g/mol. The molecule has 1 N–H and O–H groups in total. The number of aromatic nitrogens is 3. The standard InChI is InChI=1S/C17H16N4O/c1-11-19-15-6-3-9-18-16(15)21(11)14-5-2-4-12(10-14)17(22)20-13-7-8-13/h2-6,9-10,13H,7-8H2,1H3,(H,20,22). The van der Waals surface area contributed by atoms with Gasteiger partial charge in [-0.15, -0.1) is 0 Å². The van der Waals surface area contributed by atoms with Crippen molar-refractivity contribution in [1.82, 2.24) is 19.9 Å². The van der Waals surface area contributed by atoms with Crippen molar-refractivity contribution in [2.24, 2.45) is 0 Å². The van der Waals surface area contributed by atoms with Crippen molar-refractivity contribution < 1.29 is 4.79 Å². The number of nitrogens with zero attached hydrogens (tertiary/aromatic N) is 3. The van der Waals surface area contributed by atoms with Gasteiger partial charge >= 0.3 is 0 Å². The molecule has 1 aromatic carbocycles. The zero-order valence-corrected chi connectivity index (χ0v) is 12.3. The SMILES string of the molecule is Cc1nc2cccnc2n1-c1cccc(C(=O)NC2CC2)c1. The molecular formula is C17H16N4O. The van der Waals surface area contributed by atoms with Crippen LogP contribution in [0, 0.1) is 6.92 Å². The van der Waals surface area contributed by atoms with Crippen LogP contribution in [0.2, 0.25) is 0 Å². The van der Waals surface area contributed by atoms with Crippen LogP contribution in [0.4, 0.5) is 0 Å². The van der Waals surface area contributed by atoms with E-state index in [-0.39, 0.29) is 5.91 Å². The van der Waals surface area contributed by atoms with E-state index in [1.54, 1.807) is 6.20 Å². The van der Waals surface area contributed by atoms with Crippen LogP contribution >= 0.6 is 0 Å². The molecule has 0 radical (unpaired) electrons. The Bertz CT molecular complexity index is 864. The van der Waals surface area contributed by atoms with Crippen LogP contribution in [0.3, 0.4) is 0 Å². The summed E-state index contributed by atoms with van der Waals surface area (Å²) in [5.41, 5.74) is 3.23. The van der Waals surface area contributed by atoms with Crippen LogP contribution in [-0.2, 0) is 0 Å². The number of carbonyl (C=O) groups is 1. The Morgan fingerprint density at radius 2 is 2.14 bits per heavy atom. The molecule has 0 aliphatic heterocycles. The highest BCUT2D eigenvalue weighted by atomic mass is 16.1. The van der Waals surface area contributed by atoms with E-state index in [1.165, 1.54) is 0 Å². The predicted octanol–water partition coefficient (Wildman–Crippen LogP) is 2.62. The smallest absolute Gasteiger partial charge is 0.251 e. The molecule has 3 aromatic rings. The lowest BCUT2D eigenvalue weighted by Crippen LogP contribution is -2.25. The number of nitrogens with one attached hydrogen (secondary N) is 1. The van der Waals surface area contributed by atoms with Gasteiger partial charge < -0.3 is 5.32 Å². The molecule has 0 saturated heterocycles. The number of fused-ring (bicyclic) bond motifs is 1. The van der Waals surface area contributed by atoms with Gasteiger partial charge in [0.1, 0.15) is 11.3 Å². The van der Waals surface area contributed by atoms with Crippen LogP contribution in [0.15, 0.2) is 42.6 Å². The third-order valence-corrected chi connectivity index (χ3v) is 3.86. The third kappa shape index (κ3) is 2.24. The molecule has 2 heterocycles. The van der Waals surface area contributed by atoms with E-state index in [0.29, 0.717) is 11.6 Å². The molecule has 4 rings (SSSR count). The number of pyridine rings is 1. The van der Waals surface area contributed by atoms with Crippen molar-refractivity contribution in [3.05, 3.63) is 54.0 Å². The van der Waals surface area contributed by atoms with Crippen molar-refractivity contribution >= 4 is 17.1 Å². The minimum absolute atomic E-state index is 0.0145. The second-order valence-electron chi connectivity index (χ2n) is 5.64. The Morgan fingerprint density at radius 1 is 1.27 bits per heavy atom. The summed E-state index contributed by atoms with van der Waals surface area (Å²) in [7, 11) is 0. The lowest BCUT2D eigenvalue weighted by atomic mass is 10.2. The highest BCUT2D eigenvalue weighted by Gasteiger charge is 2.24. The maximum Gasteiger partial charge on any atom is 0.251 e. The topological polar surface area (TPSA) is 59.8 Å². The van der Waals surface area contributed by atoms with Gasteiger partial charge in [-0.05, 0) is 50.1 Å². The van der Waals surface area contributed by atoms with Crippen LogP contribution in [-0.4, -0.2) is 26.5 Å². The molecule has 1 amide bonds. The number of amides is 1. The van der Waals surface area contributed by atoms with Gasteiger partial charge in [-0.25, -0.2) is 9.97 Å². The van der Waals surface area contributed by atoms with E-state index in [1.807, 2.05) is 47.9 Å². The summed E-state index contributed by atoms with van der Waals surface area (Å²) in [5, 5.41) is 3.01. The van der Waals surface area contributed by atoms with Crippen molar-refractivity contribution in [2.75, 3.05) is 0 Å². The number of aryl methyl sites for hydroxylation is 1. The minimum Gasteiger partial charge on any atom is -0.349 e. The minimum atomic E-state index is -0.0145. The van der Waals surface area contributed by atoms with Gasteiger partial charge in [0.2, 0.25) is 0 Å². The van der Waals surface area contributed by atoms with Gasteiger partial charge in [0.05, 0.1) is 0 Å². The van der Waals surface area contributed by atoms with Gasteiger partial charge in [0, 0.05) is 23.5 Å². The molecule has 1 aliphatic carbocycles. The summed E-state index contributed by atoms with van der Waals surface area (Å²) < 4.78 is 1.98. The monoisotopic (exact) mass is 292 g/mol. The Labute approximate surface area is 128 Å². The first-order chi connectivity index (χ1) is 10.7. The average molecular weight is 292 g/mol. The second-order valence-corrected chi connectivity index (χ2v) is 5.64. The highest BCUT2D eigenvalue weighted by molar-refractivity contribution is 5.95. The Morgan fingerprint density at radius 3 is 2.95 bits per heavy atom. The first-order valence-electron chi connectivity index (χ1n) is 7.44. The summed E-state index contributed by atoms with van der Waals surface area (Å²) in [6.07, 6.45) is 3.92. The van der Waals surface area contributed by atoms with Gasteiger partial charge in [0.15, 0.2) is 5.65 Å². The van der Waals surface area contributed by atoms with Crippen molar-refractivity contribution in [1.29, 1.82) is 0 Å². The zero-order valence-electron chi connectivity index (χ0n) is 12.3. The first kappa shape index (κ1) is 13.0. The lowest BCUT2D eigenvalue weighted by Gasteiger charge is -2.09. The van der Waals surface area contributed by atoms with Crippen molar-refractivity contribution in [3.63, 3.8) is 0 Å². The molecule has 5 heteroatoms. The highest BCUT2D eigenvalue weighted by Crippen LogP contribution is 2.22. The normalized spacial score (nSPS) is 14.2. The molecule has 110 valence electrons. The third-order valence-electron chi connectivity index (χ3n) is 3.86. The molecule has 5 nitrogen and oxygen atoms in total. The largest absolute Gasteiger partial charge is 0.349 e. The fourth-order valence-corrected chi connectivity index (χ4v) is 2.62. The van der Waals surface area contributed by atoms with Crippen LogP contribution in [0.25, 0.3) is 16.9 Å². The number of imidazole rings is 1. The van der Waals surface area contributed by atoms with E-state index < -0.39 is 0 Å². The summed E-state index contributed by atoms with van der Waals surface area (Å²) in [5.74, 6) is 0.841. The molecule has 1 fully saturated rings. The molecule has 0 spiro atoms. The summed E-state index contributed by atoms with van der Waals surface area (Å²) in [6, 6.07) is 11.8. The number of hydrogen-bond acceptors (Lipinski definition) is 3. The van der Waals surface area contributed by atoms with E-state index in [2.05, 4.69) is 15.3 Å². The average Bonchev–Trinajstić information content (AvgIpc) is 3.27. The first-order valence-corrected chi connectivity index (χ1v) is 7.44. The fourth-order valence-electron chi connectivity index (χ4n) is 2.62. The van der Waals surface area contributed by atoms with E-state index in [4.69, 9.17) is 0 Å². The molecule has 0 unspecified atom stereocenters. The van der Waals surface area contributed by atoms with Gasteiger partial charge in [-0.3, -0.25) is 9.36 Å². The maximum atomic E-state index is 12.2. The molecule has 2 aromatic heterocycles. The van der Waals surface area contributed by atoms with Gasteiger partial charge in [-0.2, -0.15) is 0 Å². The molecule has 22 heavy (non-hydrogen) atoms. The van der Waals surface area contributed by atoms with Crippen LogP contribution in [0.5, 0.6) is 0 Å². The van der Waals surface area contributed by atoms with E-state index in [0.717, 1.165) is 35.5 Å². The maximum absolute atomic E-state index is 12.2. The Hall–Kier alpha value is -2.69. The lowest BCUT2D eigenvalue weighted by molar-refractivity contribution is 0.0951. The predicted molar refractivity (Wildman–Crippen MR) is 84.1 cm³/mol. The molecule has 1 aliphatic rings. The van der Waals surface area contributed by atoms with Crippen LogP contribution < -0.4 is 5.32 Å². The Balaban J connectivity index is 1.78. The number of hydrogen-bond donors (Lipinski definition) is 1. The second kappa shape index (κ2) is 4.94. The molecule has 0 bridgehead atoms. The molecule has 0 atom stereocenters. The summed E-state index contributed by atoms with van der Waals surface area (Å²) in [4.78, 5) is 21.1. The van der Waals surface area contributed by atoms with Crippen molar-refractivity contribution in [3.8, 4) is 5.69 Å². The van der Waals surface area contributed by atoms with E-state index in [9.17, 15) is 4.79 Å². The molecule has 1 saturated carbocycles. The fraction of sp³-hybridized carbons (Fsp3) is 0.235. The zero-order chi connectivity index (χ0) is 15.1. The van der Waals surface area contributed by atoms with E-state index >= 15 is 0 Å². The number of carbonyl (C=O) groups excluding carboxylic acids is 1. The number of benzene rings is 1. The van der Waals surface area contributed by atoms with Gasteiger partial charge in [0.25, 0.3) is 5.91 Å².